The molecule has 8 nitrogen and oxygen atoms in total. The zero-order valence-corrected chi connectivity index (χ0v) is 17.5. The molecular weight excluding hydrogens is 408 g/mol. The van der Waals surface area contributed by atoms with Crippen molar-refractivity contribution in [2.75, 3.05) is 19.5 Å². The lowest BCUT2D eigenvalue weighted by atomic mass is 10.1. The van der Waals surface area contributed by atoms with Crippen LogP contribution in [-0.4, -0.2) is 40.8 Å². The number of carbonyl (C=O) groups excluding carboxylic acids is 2. The largest absolute Gasteiger partial charge is 0.466 e. The summed E-state index contributed by atoms with van der Waals surface area (Å²) in [5.41, 5.74) is 4.89. The number of esters is 2. The molecule has 8 heteroatoms. The predicted molar refractivity (Wildman–Crippen MR) is 120 cm³/mol. The maximum Gasteiger partial charge on any atom is 0.354 e. The second kappa shape index (κ2) is 9.13. The van der Waals surface area contributed by atoms with E-state index < -0.39 is 11.9 Å². The lowest BCUT2D eigenvalue weighted by Crippen LogP contribution is -2.15. The van der Waals surface area contributed by atoms with Crippen LogP contribution < -0.4 is 5.32 Å². The Morgan fingerprint density at radius 2 is 1.75 bits per heavy atom. The van der Waals surface area contributed by atoms with Crippen LogP contribution in [-0.2, 0) is 19.1 Å². The predicted octanol–water partition coefficient (Wildman–Crippen LogP) is 3.71. The second-order valence-electron chi connectivity index (χ2n) is 6.77. The molecule has 0 saturated carbocycles. The van der Waals surface area contributed by atoms with E-state index in [1.807, 2.05) is 54.6 Å². The summed E-state index contributed by atoms with van der Waals surface area (Å²) in [5, 5.41) is 7.47. The summed E-state index contributed by atoms with van der Waals surface area (Å²) in [5.74, 6) is -1.36. The third kappa shape index (κ3) is 4.20. The smallest absolute Gasteiger partial charge is 0.354 e. The van der Waals surface area contributed by atoms with Gasteiger partial charge in [0, 0.05) is 23.0 Å². The molecule has 0 spiro atoms. The topological polar surface area (TPSA) is 94.8 Å². The van der Waals surface area contributed by atoms with Gasteiger partial charge in [-0.25, -0.2) is 19.1 Å². The first-order valence-electron chi connectivity index (χ1n) is 9.74. The van der Waals surface area contributed by atoms with Gasteiger partial charge < -0.3 is 14.8 Å². The number of benzene rings is 2. The molecule has 0 amide bonds. The molecule has 0 aliphatic heterocycles. The molecule has 4 aromatic rings. The fraction of sp³-hybridized carbons (Fsp3) is 0.0833. The van der Waals surface area contributed by atoms with Gasteiger partial charge in [-0.2, -0.15) is 5.10 Å². The van der Waals surface area contributed by atoms with Gasteiger partial charge in [0.05, 0.1) is 32.2 Å². The molecular formula is C24H20N4O4. The molecule has 0 fully saturated rings. The molecule has 0 atom stereocenters. The van der Waals surface area contributed by atoms with E-state index in [9.17, 15) is 9.59 Å². The number of fused-ring (bicyclic) bond motifs is 1. The molecule has 2 aromatic heterocycles. The van der Waals surface area contributed by atoms with E-state index in [2.05, 4.69) is 20.1 Å². The van der Waals surface area contributed by atoms with Crippen LogP contribution in [0.1, 0.15) is 0 Å². The van der Waals surface area contributed by atoms with Crippen LogP contribution >= 0.6 is 0 Å². The molecule has 0 aliphatic rings. The summed E-state index contributed by atoms with van der Waals surface area (Å²) in [4.78, 5) is 28.2. The van der Waals surface area contributed by atoms with Gasteiger partial charge in [-0.1, -0.05) is 42.5 Å². The molecule has 0 unspecified atom stereocenters. The van der Waals surface area contributed by atoms with Crippen molar-refractivity contribution in [3.63, 3.8) is 0 Å². The van der Waals surface area contributed by atoms with Gasteiger partial charge in [0.15, 0.2) is 5.65 Å². The summed E-state index contributed by atoms with van der Waals surface area (Å²) in [7, 11) is 2.47. The first kappa shape index (κ1) is 20.8. The zero-order valence-electron chi connectivity index (χ0n) is 17.5. The van der Waals surface area contributed by atoms with Crippen molar-refractivity contribution in [3.8, 4) is 22.4 Å². The van der Waals surface area contributed by atoms with E-state index >= 15 is 0 Å². The van der Waals surface area contributed by atoms with Crippen LogP contribution in [0.15, 0.2) is 84.8 Å². The molecule has 0 aliphatic carbocycles. The molecule has 160 valence electrons. The number of methoxy groups -OCH3 is 2. The van der Waals surface area contributed by atoms with Crippen LogP contribution in [0.5, 0.6) is 0 Å². The summed E-state index contributed by atoms with van der Waals surface area (Å²) < 4.78 is 11.1. The van der Waals surface area contributed by atoms with Gasteiger partial charge >= 0.3 is 11.9 Å². The van der Waals surface area contributed by atoms with E-state index in [4.69, 9.17) is 4.74 Å². The van der Waals surface area contributed by atoms with Crippen LogP contribution in [0.4, 0.5) is 5.69 Å². The first-order valence-corrected chi connectivity index (χ1v) is 9.74. The minimum absolute atomic E-state index is 0.0400. The summed E-state index contributed by atoms with van der Waals surface area (Å²) >= 11 is 0. The Kier molecular flexibility index (Phi) is 5.94. The van der Waals surface area contributed by atoms with Crippen LogP contribution in [0.2, 0.25) is 0 Å². The van der Waals surface area contributed by atoms with E-state index in [0.717, 1.165) is 34.1 Å². The number of anilines is 1. The number of rotatable bonds is 6. The fourth-order valence-corrected chi connectivity index (χ4v) is 3.28. The third-order valence-corrected chi connectivity index (χ3v) is 4.79. The summed E-state index contributed by atoms with van der Waals surface area (Å²) in [6.45, 7) is 0. The van der Waals surface area contributed by atoms with Gasteiger partial charge in [0.1, 0.15) is 5.70 Å². The van der Waals surface area contributed by atoms with Gasteiger partial charge in [0.2, 0.25) is 0 Å². The maximum atomic E-state index is 12.1. The number of hydrogen-bond acceptors (Lipinski definition) is 7. The van der Waals surface area contributed by atoms with Gasteiger partial charge in [-0.05, 0) is 23.8 Å². The highest BCUT2D eigenvalue weighted by Crippen LogP contribution is 2.28. The van der Waals surface area contributed by atoms with Crippen LogP contribution in [0.3, 0.4) is 0 Å². The maximum absolute atomic E-state index is 12.1. The fourth-order valence-electron chi connectivity index (χ4n) is 3.28. The normalized spacial score (nSPS) is 11.2. The molecule has 0 saturated heterocycles. The lowest BCUT2D eigenvalue weighted by Gasteiger charge is -2.11. The lowest BCUT2D eigenvalue weighted by molar-refractivity contribution is -0.138. The quantitative estimate of drug-likeness (QED) is 0.370. The molecule has 2 heterocycles. The monoisotopic (exact) mass is 428 g/mol. The standard InChI is InChI=1S/C24H20N4O4/c1-31-22(29)14-20(24(30)32-2)27-18-10-6-9-17(13-18)21-11-12-25-23-19(15-26-28(21)23)16-7-4-3-5-8-16/h3-15,27H,1-2H3/b20-14+. The highest BCUT2D eigenvalue weighted by Gasteiger charge is 2.15. The minimum atomic E-state index is -0.688. The average Bonchev–Trinajstić information content (AvgIpc) is 3.28. The van der Waals surface area contributed by atoms with Gasteiger partial charge in [-0.15, -0.1) is 0 Å². The van der Waals surface area contributed by atoms with Crippen molar-refractivity contribution < 1.29 is 19.1 Å². The zero-order chi connectivity index (χ0) is 22.5. The second-order valence-corrected chi connectivity index (χ2v) is 6.77. The Balaban J connectivity index is 1.72. The van der Waals surface area contributed by atoms with Crippen molar-refractivity contribution in [2.24, 2.45) is 0 Å². The van der Waals surface area contributed by atoms with Crippen LogP contribution in [0, 0.1) is 0 Å². The van der Waals surface area contributed by atoms with E-state index in [1.165, 1.54) is 14.2 Å². The molecule has 1 N–H and O–H groups in total. The van der Waals surface area contributed by atoms with Crippen molar-refractivity contribution in [2.45, 2.75) is 0 Å². The highest BCUT2D eigenvalue weighted by molar-refractivity contribution is 5.98. The molecule has 0 radical (unpaired) electrons. The van der Waals surface area contributed by atoms with Crippen molar-refractivity contribution >= 4 is 23.3 Å². The number of carbonyl (C=O) groups is 2. The van der Waals surface area contributed by atoms with E-state index in [1.54, 1.807) is 23.0 Å². The summed E-state index contributed by atoms with van der Waals surface area (Å²) in [6, 6.07) is 19.2. The highest BCUT2D eigenvalue weighted by atomic mass is 16.5. The Labute approximate surface area is 184 Å². The van der Waals surface area contributed by atoms with Gasteiger partial charge in [0.25, 0.3) is 0 Å². The Morgan fingerprint density at radius 1 is 0.969 bits per heavy atom. The average molecular weight is 428 g/mol. The summed E-state index contributed by atoms with van der Waals surface area (Å²) in [6.07, 6.45) is 4.57. The molecule has 4 rings (SSSR count). The molecule has 32 heavy (non-hydrogen) atoms. The van der Waals surface area contributed by atoms with Gasteiger partial charge in [-0.3, -0.25) is 0 Å². The Bertz CT molecular complexity index is 1310. The van der Waals surface area contributed by atoms with Crippen LogP contribution in [0.25, 0.3) is 28.0 Å². The Hall–Kier alpha value is -4.46. The number of nitrogens with one attached hydrogen (secondary N) is 1. The number of ether oxygens (including phenoxy) is 2. The SMILES string of the molecule is COC(=O)/C=C(/Nc1cccc(-c2ccnc3c(-c4ccccc4)cnn23)c1)C(=O)OC. The van der Waals surface area contributed by atoms with E-state index in [-0.39, 0.29) is 5.70 Å². The molecule has 2 aromatic carbocycles. The van der Waals surface area contributed by atoms with E-state index in [0.29, 0.717) is 5.69 Å². The number of hydrogen-bond donors (Lipinski definition) is 1. The van der Waals surface area contributed by atoms with Crippen molar-refractivity contribution in [1.29, 1.82) is 0 Å². The first-order chi connectivity index (χ1) is 15.6. The van der Waals surface area contributed by atoms with Crippen molar-refractivity contribution in [3.05, 3.63) is 84.8 Å². The molecule has 0 bridgehead atoms. The minimum Gasteiger partial charge on any atom is -0.466 e. The number of nitrogens with zero attached hydrogens (tertiary/aromatic N) is 3. The Morgan fingerprint density at radius 3 is 2.50 bits per heavy atom. The van der Waals surface area contributed by atoms with Crippen molar-refractivity contribution in [1.82, 2.24) is 14.6 Å². The third-order valence-electron chi connectivity index (χ3n) is 4.79. The number of aromatic nitrogens is 3.